The lowest BCUT2D eigenvalue weighted by molar-refractivity contribution is 0.415. The van der Waals surface area contributed by atoms with Gasteiger partial charge in [-0.1, -0.05) is 12.1 Å². The summed E-state index contributed by atoms with van der Waals surface area (Å²) in [6.07, 6.45) is 3.81. The summed E-state index contributed by atoms with van der Waals surface area (Å²) in [5.41, 5.74) is 3.83. The summed E-state index contributed by atoms with van der Waals surface area (Å²) in [7, 11) is 1.67. The average molecular weight is 301 g/mol. The molecule has 0 saturated carbocycles. The summed E-state index contributed by atoms with van der Waals surface area (Å²) in [5, 5.41) is 0. The molecule has 4 heteroatoms. The summed E-state index contributed by atoms with van der Waals surface area (Å²) in [4.78, 5) is 9.28. The molecule has 0 aliphatic rings. The number of benzene rings is 1. The number of ether oxygens (including phenoxy) is 1. The minimum Gasteiger partial charge on any atom is -0.497 e. The highest BCUT2D eigenvalue weighted by molar-refractivity contribution is 5.79. The van der Waals surface area contributed by atoms with E-state index in [1.807, 2.05) is 60.8 Å². The van der Waals surface area contributed by atoms with Gasteiger partial charge in [-0.3, -0.25) is 9.38 Å². The van der Waals surface area contributed by atoms with E-state index in [0.717, 1.165) is 34.0 Å². The minimum atomic E-state index is 0.833. The number of imidazole rings is 1. The van der Waals surface area contributed by atoms with Gasteiger partial charge in [-0.05, 0) is 48.5 Å². The van der Waals surface area contributed by atoms with E-state index in [4.69, 9.17) is 9.72 Å². The first-order valence-corrected chi connectivity index (χ1v) is 7.40. The number of methoxy groups -OCH3 is 1. The second-order valence-corrected chi connectivity index (χ2v) is 5.18. The lowest BCUT2D eigenvalue weighted by Crippen LogP contribution is -1.89. The van der Waals surface area contributed by atoms with E-state index in [-0.39, 0.29) is 0 Å². The second kappa shape index (κ2) is 5.57. The molecule has 1 aromatic carbocycles. The van der Waals surface area contributed by atoms with Crippen LogP contribution in [0.4, 0.5) is 0 Å². The number of pyridine rings is 2. The van der Waals surface area contributed by atoms with Crippen LogP contribution in [0.1, 0.15) is 0 Å². The molecule has 0 saturated heterocycles. The first-order chi connectivity index (χ1) is 11.4. The highest BCUT2D eigenvalue weighted by atomic mass is 16.5. The van der Waals surface area contributed by atoms with Gasteiger partial charge in [0.1, 0.15) is 17.3 Å². The molecule has 0 radical (unpaired) electrons. The van der Waals surface area contributed by atoms with E-state index in [1.165, 1.54) is 0 Å². The van der Waals surface area contributed by atoms with Crippen molar-refractivity contribution in [2.75, 3.05) is 7.11 Å². The Balaban J connectivity index is 1.93. The van der Waals surface area contributed by atoms with Crippen molar-refractivity contribution in [3.05, 3.63) is 73.1 Å². The van der Waals surface area contributed by atoms with E-state index in [1.54, 1.807) is 13.3 Å². The summed E-state index contributed by atoms with van der Waals surface area (Å²) in [5.74, 6) is 1.73. The number of hydrogen-bond acceptors (Lipinski definition) is 3. The Morgan fingerprint density at radius 1 is 0.913 bits per heavy atom. The average Bonchev–Trinajstić information content (AvgIpc) is 3.02. The molecule has 0 amide bonds. The van der Waals surface area contributed by atoms with Crippen LogP contribution in [0.25, 0.3) is 28.3 Å². The second-order valence-electron chi connectivity index (χ2n) is 5.18. The lowest BCUT2D eigenvalue weighted by atomic mass is 10.2. The van der Waals surface area contributed by atoms with E-state index >= 15 is 0 Å². The third-order valence-electron chi connectivity index (χ3n) is 3.80. The molecule has 0 aliphatic carbocycles. The molecule has 0 fully saturated rings. The maximum atomic E-state index is 5.23. The van der Waals surface area contributed by atoms with Gasteiger partial charge in [0.25, 0.3) is 0 Å². The van der Waals surface area contributed by atoms with E-state index in [9.17, 15) is 0 Å². The van der Waals surface area contributed by atoms with Crippen molar-refractivity contribution in [3.63, 3.8) is 0 Å². The van der Waals surface area contributed by atoms with Crippen molar-refractivity contribution in [2.24, 2.45) is 0 Å². The highest BCUT2D eigenvalue weighted by Gasteiger charge is 2.14. The fraction of sp³-hybridized carbons (Fsp3) is 0.0526. The molecular weight excluding hydrogens is 286 g/mol. The van der Waals surface area contributed by atoms with Crippen LogP contribution in [0.15, 0.2) is 73.1 Å². The van der Waals surface area contributed by atoms with Crippen LogP contribution in [0.5, 0.6) is 5.75 Å². The fourth-order valence-corrected chi connectivity index (χ4v) is 2.67. The maximum Gasteiger partial charge on any atom is 0.145 e. The number of hydrogen-bond donors (Lipinski definition) is 0. The van der Waals surface area contributed by atoms with Crippen LogP contribution >= 0.6 is 0 Å². The zero-order valence-electron chi connectivity index (χ0n) is 12.7. The Kier molecular flexibility index (Phi) is 3.27. The van der Waals surface area contributed by atoms with Gasteiger partial charge in [-0.15, -0.1) is 0 Å². The molecule has 0 bridgehead atoms. The van der Waals surface area contributed by atoms with E-state index < -0.39 is 0 Å². The fourth-order valence-electron chi connectivity index (χ4n) is 2.67. The van der Waals surface area contributed by atoms with Crippen LogP contribution in [-0.2, 0) is 0 Å². The van der Waals surface area contributed by atoms with Crippen molar-refractivity contribution in [1.29, 1.82) is 0 Å². The quantitative estimate of drug-likeness (QED) is 0.572. The van der Waals surface area contributed by atoms with Gasteiger partial charge in [0, 0.05) is 18.0 Å². The van der Waals surface area contributed by atoms with Crippen LogP contribution in [0.3, 0.4) is 0 Å². The number of fused-ring (bicyclic) bond motifs is 1. The summed E-state index contributed by atoms with van der Waals surface area (Å²) >= 11 is 0. The summed E-state index contributed by atoms with van der Waals surface area (Å²) in [6.45, 7) is 0. The van der Waals surface area contributed by atoms with Gasteiger partial charge in [0.05, 0.1) is 18.3 Å². The first kappa shape index (κ1) is 13.5. The van der Waals surface area contributed by atoms with Gasteiger partial charge in [-0.25, -0.2) is 4.98 Å². The molecule has 0 N–H and O–H groups in total. The molecule has 4 rings (SSSR count). The van der Waals surface area contributed by atoms with Crippen molar-refractivity contribution < 1.29 is 4.74 Å². The first-order valence-electron chi connectivity index (χ1n) is 7.40. The van der Waals surface area contributed by atoms with E-state index in [2.05, 4.69) is 15.5 Å². The third-order valence-corrected chi connectivity index (χ3v) is 3.80. The summed E-state index contributed by atoms with van der Waals surface area (Å²) < 4.78 is 7.32. The van der Waals surface area contributed by atoms with Crippen molar-refractivity contribution in [2.45, 2.75) is 0 Å². The van der Waals surface area contributed by atoms with Gasteiger partial charge in [-0.2, -0.15) is 0 Å². The van der Waals surface area contributed by atoms with Crippen LogP contribution in [0.2, 0.25) is 0 Å². The zero-order valence-corrected chi connectivity index (χ0v) is 12.7. The van der Waals surface area contributed by atoms with Crippen molar-refractivity contribution >= 4 is 5.52 Å². The molecule has 0 aliphatic heterocycles. The smallest absolute Gasteiger partial charge is 0.145 e. The van der Waals surface area contributed by atoms with Gasteiger partial charge in [0.2, 0.25) is 0 Å². The van der Waals surface area contributed by atoms with Crippen LogP contribution in [-0.4, -0.2) is 21.5 Å². The number of aromatic nitrogens is 3. The van der Waals surface area contributed by atoms with Crippen LogP contribution in [0, 0.1) is 0 Å². The number of rotatable bonds is 3. The normalized spacial score (nSPS) is 10.8. The predicted octanol–water partition coefficient (Wildman–Crippen LogP) is 4.07. The minimum absolute atomic E-state index is 0.833. The van der Waals surface area contributed by atoms with Gasteiger partial charge >= 0.3 is 0 Å². The molecule has 4 nitrogen and oxygen atoms in total. The predicted molar refractivity (Wildman–Crippen MR) is 90.4 cm³/mol. The van der Waals surface area contributed by atoms with E-state index in [0.29, 0.717) is 0 Å². The lowest BCUT2D eigenvalue weighted by Gasteiger charge is -2.03. The summed E-state index contributed by atoms with van der Waals surface area (Å²) in [6, 6.07) is 19.9. The standard InChI is InChI=1S/C19H15N3O/c1-23-15-10-8-14(9-11-15)19-21-18(16-6-2-4-12-20-16)17-7-3-5-13-22(17)19/h2-13H,1H3. The molecule has 3 heterocycles. The molecule has 0 spiro atoms. The Bertz CT molecular complexity index is 943. The molecule has 0 atom stereocenters. The van der Waals surface area contributed by atoms with Crippen molar-refractivity contribution in [1.82, 2.24) is 14.4 Å². The topological polar surface area (TPSA) is 39.4 Å². The zero-order chi connectivity index (χ0) is 15.6. The third kappa shape index (κ3) is 2.34. The molecule has 23 heavy (non-hydrogen) atoms. The molecule has 3 aromatic heterocycles. The van der Waals surface area contributed by atoms with Crippen LogP contribution < -0.4 is 4.74 Å². The van der Waals surface area contributed by atoms with Crippen molar-refractivity contribution in [3.8, 4) is 28.5 Å². The Labute approximate surface area is 134 Å². The highest BCUT2D eigenvalue weighted by Crippen LogP contribution is 2.29. The van der Waals surface area contributed by atoms with Gasteiger partial charge in [0.15, 0.2) is 0 Å². The Morgan fingerprint density at radius 3 is 2.48 bits per heavy atom. The molecule has 0 unspecified atom stereocenters. The monoisotopic (exact) mass is 301 g/mol. The molecule has 112 valence electrons. The largest absolute Gasteiger partial charge is 0.497 e. The molecular formula is C19H15N3O. The number of nitrogens with zero attached hydrogens (tertiary/aromatic N) is 3. The Morgan fingerprint density at radius 2 is 1.74 bits per heavy atom. The SMILES string of the molecule is COc1ccc(-c2nc(-c3ccccn3)c3ccccn23)cc1. The molecule has 4 aromatic rings. The maximum absolute atomic E-state index is 5.23. The van der Waals surface area contributed by atoms with Gasteiger partial charge < -0.3 is 4.74 Å². The Hall–Kier alpha value is -3.14.